The van der Waals surface area contributed by atoms with Gasteiger partial charge in [-0.15, -0.1) is 0 Å². The van der Waals surface area contributed by atoms with E-state index >= 15 is 0 Å². The molecule has 0 spiro atoms. The van der Waals surface area contributed by atoms with Crippen molar-refractivity contribution in [3.8, 4) is 0 Å². The summed E-state index contributed by atoms with van der Waals surface area (Å²) in [7, 11) is 0. The molecule has 0 saturated heterocycles. The Labute approximate surface area is 123 Å². The molecule has 1 aromatic carbocycles. The highest BCUT2D eigenvalue weighted by molar-refractivity contribution is 9.10. The van der Waals surface area contributed by atoms with Crippen LogP contribution in [0.5, 0.6) is 0 Å². The van der Waals surface area contributed by atoms with Crippen LogP contribution in [-0.4, -0.2) is 4.98 Å². The zero-order valence-corrected chi connectivity index (χ0v) is 12.3. The summed E-state index contributed by atoms with van der Waals surface area (Å²) in [5.41, 5.74) is 4.26. The number of aromatic nitrogens is 1. The van der Waals surface area contributed by atoms with Crippen molar-refractivity contribution in [2.24, 2.45) is 5.84 Å². The van der Waals surface area contributed by atoms with Gasteiger partial charge in [-0.2, -0.15) is 0 Å². The molecule has 3 N–H and O–H groups in total. The third-order valence-corrected chi connectivity index (χ3v) is 3.53. The fraction of sp³-hybridized carbons (Fsp3) is 0.0833. The van der Waals surface area contributed by atoms with Crippen LogP contribution >= 0.6 is 39.1 Å². The molecular formula is C12H10BrCl2N3. The Kier molecular flexibility index (Phi) is 4.59. The summed E-state index contributed by atoms with van der Waals surface area (Å²) in [4.78, 5) is 4.31. The molecule has 1 unspecified atom stereocenters. The molecule has 0 aliphatic heterocycles. The standard InChI is InChI=1S/C12H10BrCl2N3/c13-7-1-4-11(17-6-7)12(18-16)9-5-8(14)2-3-10(9)15/h1-6,12,18H,16H2. The molecule has 3 nitrogen and oxygen atoms in total. The molecule has 0 radical (unpaired) electrons. The van der Waals surface area contributed by atoms with Crippen LogP contribution in [0.1, 0.15) is 17.3 Å². The number of nitrogens with zero attached hydrogens (tertiary/aromatic N) is 1. The molecule has 94 valence electrons. The van der Waals surface area contributed by atoms with Gasteiger partial charge >= 0.3 is 0 Å². The highest BCUT2D eigenvalue weighted by Gasteiger charge is 2.17. The minimum atomic E-state index is -0.302. The lowest BCUT2D eigenvalue weighted by atomic mass is 10.0. The molecule has 18 heavy (non-hydrogen) atoms. The normalized spacial score (nSPS) is 12.4. The molecule has 0 aliphatic carbocycles. The van der Waals surface area contributed by atoms with Crippen molar-refractivity contribution in [3.05, 3.63) is 62.3 Å². The van der Waals surface area contributed by atoms with E-state index in [0.717, 1.165) is 15.7 Å². The molecule has 0 fully saturated rings. The van der Waals surface area contributed by atoms with E-state index in [4.69, 9.17) is 29.0 Å². The second-order valence-corrected chi connectivity index (χ2v) is 5.43. The van der Waals surface area contributed by atoms with E-state index in [1.165, 1.54) is 0 Å². The average Bonchev–Trinajstić information content (AvgIpc) is 2.37. The fourth-order valence-electron chi connectivity index (χ4n) is 1.63. The van der Waals surface area contributed by atoms with E-state index in [0.29, 0.717) is 10.0 Å². The van der Waals surface area contributed by atoms with Crippen molar-refractivity contribution in [2.75, 3.05) is 0 Å². The first-order valence-electron chi connectivity index (χ1n) is 5.14. The van der Waals surface area contributed by atoms with Gasteiger partial charge in [-0.05, 0) is 51.8 Å². The Morgan fingerprint density at radius 2 is 2.00 bits per heavy atom. The van der Waals surface area contributed by atoms with Crippen molar-refractivity contribution >= 4 is 39.1 Å². The zero-order chi connectivity index (χ0) is 13.1. The van der Waals surface area contributed by atoms with Crippen LogP contribution in [-0.2, 0) is 0 Å². The second-order valence-electron chi connectivity index (χ2n) is 3.67. The second kappa shape index (κ2) is 5.99. The first-order chi connectivity index (χ1) is 8.61. The van der Waals surface area contributed by atoms with Gasteiger partial charge in [0.15, 0.2) is 0 Å². The van der Waals surface area contributed by atoms with E-state index in [1.54, 1.807) is 24.4 Å². The van der Waals surface area contributed by atoms with Gasteiger partial charge in [0, 0.05) is 20.7 Å². The Hall–Kier alpha value is -0.650. The first-order valence-corrected chi connectivity index (χ1v) is 6.69. The van der Waals surface area contributed by atoms with Crippen LogP contribution in [0.25, 0.3) is 0 Å². The molecule has 0 saturated carbocycles. The number of hydrogen-bond acceptors (Lipinski definition) is 3. The van der Waals surface area contributed by atoms with E-state index in [1.807, 2.05) is 12.1 Å². The smallest absolute Gasteiger partial charge is 0.0896 e. The lowest BCUT2D eigenvalue weighted by Crippen LogP contribution is -2.29. The maximum absolute atomic E-state index is 6.16. The number of nitrogens with one attached hydrogen (secondary N) is 1. The van der Waals surface area contributed by atoms with Crippen LogP contribution in [0.4, 0.5) is 0 Å². The van der Waals surface area contributed by atoms with E-state index in [-0.39, 0.29) is 6.04 Å². The number of benzene rings is 1. The topological polar surface area (TPSA) is 50.9 Å². The van der Waals surface area contributed by atoms with Gasteiger partial charge in [0.2, 0.25) is 0 Å². The van der Waals surface area contributed by atoms with E-state index in [2.05, 4.69) is 26.3 Å². The number of nitrogens with two attached hydrogens (primary N) is 1. The predicted octanol–water partition coefficient (Wildman–Crippen LogP) is 3.70. The Morgan fingerprint density at radius 3 is 2.61 bits per heavy atom. The minimum Gasteiger partial charge on any atom is -0.271 e. The van der Waals surface area contributed by atoms with Gasteiger partial charge in [0.05, 0.1) is 11.7 Å². The fourth-order valence-corrected chi connectivity index (χ4v) is 2.27. The molecule has 1 heterocycles. The van der Waals surface area contributed by atoms with Crippen LogP contribution in [0.3, 0.4) is 0 Å². The van der Waals surface area contributed by atoms with Crippen LogP contribution in [0.15, 0.2) is 41.0 Å². The van der Waals surface area contributed by atoms with Crippen molar-refractivity contribution in [1.29, 1.82) is 0 Å². The molecule has 2 aromatic rings. The van der Waals surface area contributed by atoms with Gasteiger partial charge < -0.3 is 0 Å². The molecule has 6 heteroatoms. The van der Waals surface area contributed by atoms with Crippen molar-refractivity contribution in [2.45, 2.75) is 6.04 Å². The number of rotatable bonds is 3. The maximum atomic E-state index is 6.16. The third kappa shape index (κ3) is 3.02. The summed E-state index contributed by atoms with van der Waals surface area (Å²) in [5, 5.41) is 1.19. The molecule has 1 aromatic heterocycles. The number of pyridine rings is 1. The monoisotopic (exact) mass is 345 g/mol. The molecule has 0 bridgehead atoms. The quantitative estimate of drug-likeness (QED) is 0.658. The van der Waals surface area contributed by atoms with Crippen LogP contribution in [0, 0.1) is 0 Å². The Bertz CT molecular complexity index is 546. The summed E-state index contributed by atoms with van der Waals surface area (Å²) < 4.78 is 0.902. The first kappa shape index (κ1) is 13.8. The SMILES string of the molecule is NNC(c1ccc(Br)cn1)c1cc(Cl)ccc1Cl. The third-order valence-electron chi connectivity index (χ3n) is 2.48. The van der Waals surface area contributed by atoms with Crippen molar-refractivity contribution < 1.29 is 0 Å². The number of hydrazine groups is 1. The minimum absolute atomic E-state index is 0.302. The summed E-state index contributed by atoms with van der Waals surface area (Å²) in [5.74, 6) is 5.59. The average molecular weight is 347 g/mol. The molecule has 0 amide bonds. The van der Waals surface area contributed by atoms with Gasteiger partial charge in [0.1, 0.15) is 0 Å². The molecule has 1 atom stereocenters. The van der Waals surface area contributed by atoms with Gasteiger partial charge in [-0.1, -0.05) is 23.2 Å². The summed E-state index contributed by atoms with van der Waals surface area (Å²) in [6.07, 6.45) is 1.71. The van der Waals surface area contributed by atoms with E-state index in [9.17, 15) is 0 Å². The number of hydrogen-bond donors (Lipinski definition) is 2. The molecule has 2 rings (SSSR count). The highest BCUT2D eigenvalue weighted by Crippen LogP contribution is 2.29. The van der Waals surface area contributed by atoms with Gasteiger partial charge in [-0.3, -0.25) is 10.8 Å². The van der Waals surface area contributed by atoms with Crippen molar-refractivity contribution in [3.63, 3.8) is 0 Å². The number of halogens is 3. The van der Waals surface area contributed by atoms with Crippen molar-refractivity contribution in [1.82, 2.24) is 10.4 Å². The lowest BCUT2D eigenvalue weighted by Gasteiger charge is -2.17. The van der Waals surface area contributed by atoms with Crippen LogP contribution < -0.4 is 11.3 Å². The van der Waals surface area contributed by atoms with E-state index < -0.39 is 0 Å². The Balaban J connectivity index is 2.44. The summed E-state index contributed by atoms with van der Waals surface area (Å²) in [6.45, 7) is 0. The highest BCUT2D eigenvalue weighted by atomic mass is 79.9. The van der Waals surface area contributed by atoms with Crippen LogP contribution in [0.2, 0.25) is 10.0 Å². The summed E-state index contributed by atoms with van der Waals surface area (Å²) in [6, 6.07) is 8.71. The predicted molar refractivity (Wildman–Crippen MR) is 77.6 cm³/mol. The largest absolute Gasteiger partial charge is 0.271 e. The Morgan fingerprint density at radius 1 is 1.22 bits per heavy atom. The lowest BCUT2D eigenvalue weighted by molar-refractivity contribution is 0.621. The zero-order valence-electron chi connectivity index (χ0n) is 9.20. The molecular weight excluding hydrogens is 337 g/mol. The van der Waals surface area contributed by atoms with Gasteiger partial charge in [0.25, 0.3) is 0 Å². The summed E-state index contributed by atoms with van der Waals surface area (Å²) >= 11 is 15.5. The van der Waals surface area contributed by atoms with Gasteiger partial charge in [-0.25, -0.2) is 5.43 Å². The maximum Gasteiger partial charge on any atom is 0.0896 e. The molecule has 0 aliphatic rings.